The van der Waals surface area contributed by atoms with Gasteiger partial charge in [0.2, 0.25) is 0 Å². The first-order valence-corrected chi connectivity index (χ1v) is 5.73. The van der Waals surface area contributed by atoms with Crippen LogP contribution in [-0.2, 0) is 0 Å². The van der Waals surface area contributed by atoms with E-state index in [2.05, 4.69) is 15.1 Å². The minimum Gasteiger partial charge on any atom is -0.408 e. The van der Waals surface area contributed by atoms with E-state index in [0.29, 0.717) is 11.1 Å². The van der Waals surface area contributed by atoms with Gasteiger partial charge in [0.1, 0.15) is 0 Å². The Labute approximate surface area is 106 Å². The van der Waals surface area contributed by atoms with Gasteiger partial charge in [0.05, 0.1) is 11.2 Å². The maximum absolute atomic E-state index is 11.1. The molecule has 0 aliphatic rings. The fourth-order valence-corrected chi connectivity index (χ4v) is 2.07. The van der Waals surface area contributed by atoms with Crippen molar-refractivity contribution >= 4 is 16.7 Å². The second-order valence-corrected chi connectivity index (χ2v) is 4.17. The number of aromatic amines is 1. The lowest BCUT2D eigenvalue weighted by atomic mass is 10.1. The normalized spacial score (nSPS) is 11.4. The molecule has 4 aromatic rings. The lowest BCUT2D eigenvalue weighted by Crippen LogP contribution is -1.93. The standard InChI is InChI=1S/C13H8N4O2/c18-13-15-10-2-1-8(7-11(10)19-13)9-3-4-12-14-5-6-17(12)16-9/h1-7H,(H,15,18). The summed E-state index contributed by atoms with van der Waals surface area (Å²) in [6.45, 7) is 0. The maximum Gasteiger partial charge on any atom is 0.417 e. The van der Waals surface area contributed by atoms with Crippen molar-refractivity contribution in [1.29, 1.82) is 0 Å². The molecule has 0 unspecified atom stereocenters. The van der Waals surface area contributed by atoms with E-state index < -0.39 is 5.76 Å². The van der Waals surface area contributed by atoms with E-state index in [0.717, 1.165) is 16.9 Å². The van der Waals surface area contributed by atoms with E-state index in [1.807, 2.05) is 18.2 Å². The molecule has 6 nitrogen and oxygen atoms in total. The number of hydrogen-bond donors (Lipinski definition) is 1. The van der Waals surface area contributed by atoms with Gasteiger partial charge in [-0.05, 0) is 24.3 Å². The van der Waals surface area contributed by atoms with Crippen molar-refractivity contribution in [2.24, 2.45) is 0 Å². The van der Waals surface area contributed by atoms with Crippen LogP contribution in [0.1, 0.15) is 0 Å². The molecule has 0 radical (unpaired) electrons. The number of oxazole rings is 1. The van der Waals surface area contributed by atoms with E-state index in [1.54, 1.807) is 29.0 Å². The predicted molar refractivity (Wildman–Crippen MR) is 68.8 cm³/mol. The Morgan fingerprint density at radius 1 is 1.21 bits per heavy atom. The molecule has 0 fully saturated rings. The summed E-state index contributed by atoms with van der Waals surface area (Å²) in [5.74, 6) is -0.454. The molecular formula is C13H8N4O2. The highest BCUT2D eigenvalue weighted by Crippen LogP contribution is 2.21. The van der Waals surface area contributed by atoms with Crippen LogP contribution in [0.3, 0.4) is 0 Å². The summed E-state index contributed by atoms with van der Waals surface area (Å²) in [6, 6.07) is 9.25. The Bertz CT molecular complexity index is 948. The predicted octanol–water partition coefficient (Wildman–Crippen LogP) is 1.83. The van der Waals surface area contributed by atoms with Crippen LogP contribution in [0, 0.1) is 0 Å². The average Bonchev–Trinajstić information content (AvgIpc) is 3.01. The van der Waals surface area contributed by atoms with Gasteiger partial charge in [-0.2, -0.15) is 5.10 Å². The molecule has 6 heteroatoms. The molecule has 0 saturated heterocycles. The zero-order chi connectivity index (χ0) is 12.8. The Kier molecular flexibility index (Phi) is 1.88. The summed E-state index contributed by atoms with van der Waals surface area (Å²) in [7, 11) is 0. The molecule has 0 aliphatic carbocycles. The fourth-order valence-electron chi connectivity index (χ4n) is 2.07. The van der Waals surface area contributed by atoms with Gasteiger partial charge < -0.3 is 4.42 Å². The zero-order valence-corrected chi connectivity index (χ0v) is 9.70. The molecule has 3 aromatic heterocycles. The number of imidazole rings is 1. The number of aromatic nitrogens is 4. The monoisotopic (exact) mass is 252 g/mol. The third-order valence-electron chi connectivity index (χ3n) is 2.97. The van der Waals surface area contributed by atoms with Gasteiger partial charge in [0.25, 0.3) is 0 Å². The van der Waals surface area contributed by atoms with E-state index in [-0.39, 0.29) is 0 Å². The van der Waals surface area contributed by atoms with Crippen molar-refractivity contribution in [3.63, 3.8) is 0 Å². The molecule has 0 atom stereocenters. The largest absolute Gasteiger partial charge is 0.417 e. The van der Waals surface area contributed by atoms with Crippen molar-refractivity contribution in [2.45, 2.75) is 0 Å². The van der Waals surface area contributed by atoms with Gasteiger partial charge in [0.15, 0.2) is 11.2 Å². The lowest BCUT2D eigenvalue weighted by molar-refractivity contribution is 0.555. The van der Waals surface area contributed by atoms with Gasteiger partial charge in [0, 0.05) is 18.0 Å². The number of fused-ring (bicyclic) bond motifs is 2. The summed E-state index contributed by atoms with van der Waals surface area (Å²) in [5, 5.41) is 4.44. The van der Waals surface area contributed by atoms with Crippen LogP contribution in [0.25, 0.3) is 28.0 Å². The second kappa shape index (κ2) is 3.55. The SMILES string of the molecule is O=c1[nH]c2ccc(-c3ccc4nccn4n3)cc2o1. The molecule has 0 amide bonds. The summed E-state index contributed by atoms with van der Waals surface area (Å²) >= 11 is 0. The van der Waals surface area contributed by atoms with Gasteiger partial charge in [-0.3, -0.25) is 4.98 Å². The number of nitrogens with one attached hydrogen (secondary N) is 1. The van der Waals surface area contributed by atoms with Crippen LogP contribution in [0.5, 0.6) is 0 Å². The summed E-state index contributed by atoms with van der Waals surface area (Å²) < 4.78 is 6.75. The zero-order valence-electron chi connectivity index (χ0n) is 9.70. The van der Waals surface area contributed by atoms with Gasteiger partial charge in [-0.15, -0.1) is 0 Å². The summed E-state index contributed by atoms with van der Waals surface area (Å²) in [6.07, 6.45) is 3.48. The van der Waals surface area contributed by atoms with Crippen LogP contribution in [0.15, 0.2) is 51.9 Å². The first-order chi connectivity index (χ1) is 9.29. The fraction of sp³-hybridized carbons (Fsp3) is 0. The molecule has 0 bridgehead atoms. The first kappa shape index (κ1) is 10.1. The van der Waals surface area contributed by atoms with E-state index >= 15 is 0 Å². The molecule has 3 heterocycles. The van der Waals surface area contributed by atoms with Crippen LogP contribution in [0.2, 0.25) is 0 Å². The highest BCUT2D eigenvalue weighted by atomic mass is 16.4. The molecule has 1 aromatic carbocycles. The third kappa shape index (κ3) is 1.54. The summed E-state index contributed by atoms with van der Waals surface area (Å²) in [4.78, 5) is 17.9. The molecule has 0 saturated carbocycles. The topological polar surface area (TPSA) is 76.2 Å². The molecule has 92 valence electrons. The number of H-pyrrole nitrogens is 1. The van der Waals surface area contributed by atoms with Gasteiger partial charge in [-0.1, -0.05) is 6.07 Å². The van der Waals surface area contributed by atoms with Crippen LogP contribution in [-0.4, -0.2) is 19.6 Å². The molecule has 4 rings (SSSR count). The minimum absolute atomic E-state index is 0.454. The molecule has 1 N–H and O–H groups in total. The second-order valence-electron chi connectivity index (χ2n) is 4.17. The van der Waals surface area contributed by atoms with Gasteiger partial charge in [-0.25, -0.2) is 14.3 Å². The third-order valence-corrected chi connectivity index (χ3v) is 2.97. The lowest BCUT2D eigenvalue weighted by Gasteiger charge is -2.01. The quantitative estimate of drug-likeness (QED) is 0.560. The molecule has 0 spiro atoms. The van der Waals surface area contributed by atoms with Gasteiger partial charge >= 0.3 is 5.76 Å². The van der Waals surface area contributed by atoms with Crippen molar-refractivity contribution in [3.05, 3.63) is 53.3 Å². The Balaban J connectivity index is 1.94. The smallest absolute Gasteiger partial charge is 0.408 e. The van der Waals surface area contributed by atoms with Crippen LogP contribution >= 0.6 is 0 Å². The number of rotatable bonds is 1. The van der Waals surface area contributed by atoms with Crippen LogP contribution in [0.4, 0.5) is 0 Å². The Morgan fingerprint density at radius 2 is 2.16 bits per heavy atom. The van der Waals surface area contributed by atoms with E-state index in [1.165, 1.54) is 0 Å². The number of nitrogens with zero attached hydrogens (tertiary/aromatic N) is 3. The molecular weight excluding hydrogens is 244 g/mol. The Morgan fingerprint density at radius 3 is 3.11 bits per heavy atom. The van der Waals surface area contributed by atoms with Crippen LogP contribution < -0.4 is 5.76 Å². The average molecular weight is 252 g/mol. The highest BCUT2D eigenvalue weighted by molar-refractivity contribution is 5.78. The van der Waals surface area contributed by atoms with Crippen molar-refractivity contribution < 1.29 is 4.42 Å². The number of hydrogen-bond acceptors (Lipinski definition) is 4. The van der Waals surface area contributed by atoms with E-state index in [4.69, 9.17) is 4.42 Å². The van der Waals surface area contributed by atoms with Crippen molar-refractivity contribution in [3.8, 4) is 11.3 Å². The Hall–Kier alpha value is -2.89. The van der Waals surface area contributed by atoms with Crippen molar-refractivity contribution in [1.82, 2.24) is 19.6 Å². The van der Waals surface area contributed by atoms with E-state index in [9.17, 15) is 4.79 Å². The first-order valence-electron chi connectivity index (χ1n) is 5.73. The van der Waals surface area contributed by atoms with Crippen molar-refractivity contribution in [2.75, 3.05) is 0 Å². The minimum atomic E-state index is -0.454. The number of benzene rings is 1. The summed E-state index contributed by atoms with van der Waals surface area (Å²) in [5.41, 5.74) is 3.66. The maximum atomic E-state index is 11.1. The molecule has 19 heavy (non-hydrogen) atoms. The molecule has 0 aliphatic heterocycles. The highest BCUT2D eigenvalue weighted by Gasteiger charge is 2.06.